The number of amides is 1. The van der Waals surface area contributed by atoms with Gasteiger partial charge < -0.3 is 25.0 Å². The number of aliphatic hydroxyl groups is 1. The highest BCUT2D eigenvalue weighted by atomic mass is 19.1. The monoisotopic (exact) mass is 534 g/mol. The van der Waals surface area contributed by atoms with Gasteiger partial charge in [0.2, 0.25) is 5.91 Å². The van der Waals surface area contributed by atoms with Crippen LogP contribution in [-0.4, -0.2) is 47.4 Å². The molecule has 1 aromatic carbocycles. The number of hydrogen-bond donors (Lipinski definition) is 4. The fourth-order valence-electron chi connectivity index (χ4n) is 6.35. The minimum absolute atomic E-state index is 0.00154. The van der Waals surface area contributed by atoms with Crippen molar-refractivity contribution >= 4 is 11.9 Å². The number of fused-ring (bicyclic) bond motifs is 2. The Labute approximate surface area is 224 Å². The Morgan fingerprint density at radius 2 is 1.71 bits per heavy atom. The number of rotatable bonds is 9. The zero-order chi connectivity index (χ0) is 27.8. The highest BCUT2D eigenvalue weighted by Crippen LogP contribution is 2.49. The molecule has 0 spiro atoms. The minimum atomic E-state index is -1.18. The smallest absolute Gasteiger partial charge is 0.306 e. The van der Waals surface area contributed by atoms with E-state index in [1.165, 1.54) is 19.2 Å². The minimum Gasteiger partial charge on any atom is -0.496 e. The first kappa shape index (κ1) is 28.6. The van der Waals surface area contributed by atoms with Gasteiger partial charge in [0.1, 0.15) is 12.0 Å². The average molecular weight is 535 g/mol. The molecule has 2 bridgehead atoms. The molecule has 8 nitrogen and oxygen atoms in total. The van der Waals surface area contributed by atoms with E-state index in [1.54, 1.807) is 0 Å². The molecule has 1 aromatic rings. The maximum atomic E-state index is 14.9. The number of hydrogen-bond acceptors (Lipinski definition) is 6. The molecule has 0 radical (unpaired) electrons. The summed E-state index contributed by atoms with van der Waals surface area (Å²) in [6.45, 7) is 8.30. The second kappa shape index (κ2) is 11.4. The van der Waals surface area contributed by atoms with Gasteiger partial charge in [0.15, 0.2) is 11.6 Å². The van der Waals surface area contributed by atoms with Crippen molar-refractivity contribution in [2.45, 2.75) is 97.1 Å². The third-order valence-corrected chi connectivity index (χ3v) is 9.12. The summed E-state index contributed by atoms with van der Waals surface area (Å²) in [6.07, 6.45) is 3.48. The Morgan fingerprint density at radius 3 is 2.32 bits per heavy atom. The van der Waals surface area contributed by atoms with Crippen molar-refractivity contribution in [2.24, 2.45) is 29.1 Å². The number of carboxylic acid groups (broad SMARTS) is 1. The third kappa shape index (κ3) is 6.09. The average Bonchev–Trinajstić information content (AvgIpc) is 3.46. The molecule has 38 heavy (non-hydrogen) atoms. The number of halogens is 1. The molecule has 0 saturated heterocycles. The maximum Gasteiger partial charge on any atom is 0.306 e. The van der Waals surface area contributed by atoms with Gasteiger partial charge >= 0.3 is 5.97 Å². The molecule has 4 rings (SSSR count). The standard InChI is InChI=1S/C29H43FN2O6/c1-15(29(2,3)4)31-27(34)24-17-6-7-18(12-17)25(24)32-26(33)20-13-23(21(30)14-22(20)37-5)38-19-10-8-16(9-11-19)28(35)36/h13-19,24-26,32-33H,6-12H2,1-5H3,(H,31,34)(H,35,36)/t15-,16-,17-,18+,19+,24+,25-,26?/m1/s1. The zero-order valence-electron chi connectivity index (χ0n) is 23.1. The van der Waals surface area contributed by atoms with Crippen LogP contribution >= 0.6 is 0 Å². The van der Waals surface area contributed by atoms with E-state index in [2.05, 4.69) is 31.4 Å². The molecule has 0 aliphatic heterocycles. The van der Waals surface area contributed by atoms with Gasteiger partial charge in [-0.3, -0.25) is 14.9 Å². The number of carbonyl (C=O) groups is 2. The molecule has 6 atom stereocenters. The fourth-order valence-corrected chi connectivity index (χ4v) is 6.35. The van der Waals surface area contributed by atoms with Gasteiger partial charge in [-0.2, -0.15) is 0 Å². The van der Waals surface area contributed by atoms with Gasteiger partial charge in [0.25, 0.3) is 0 Å². The fraction of sp³-hybridized carbons (Fsp3) is 0.724. The van der Waals surface area contributed by atoms with E-state index >= 15 is 0 Å². The lowest BCUT2D eigenvalue weighted by atomic mass is 9.82. The summed E-state index contributed by atoms with van der Waals surface area (Å²) in [5.41, 5.74) is 0.272. The van der Waals surface area contributed by atoms with E-state index in [-0.39, 0.29) is 58.8 Å². The summed E-state index contributed by atoms with van der Waals surface area (Å²) in [7, 11) is 1.42. The van der Waals surface area contributed by atoms with Crippen LogP contribution in [-0.2, 0) is 9.59 Å². The summed E-state index contributed by atoms with van der Waals surface area (Å²) in [5, 5.41) is 27.0. The van der Waals surface area contributed by atoms with Crippen LogP contribution in [0.15, 0.2) is 12.1 Å². The van der Waals surface area contributed by atoms with Crippen LogP contribution in [0.2, 0.25) is 0 Å². The third-order valence-electron chi connectivity index (χ3n) is 9.12. The first-order chi connectivity index (χ1) is 17.9. The van der Waals surface area contributed by atoms with Crippen LogP contribution in [0, 0.1) is 34.9 Å². The van der Waals surface area contributed by atoms with E-state index in [9.17, 15) is 24.2 Å². The summed E-state index contributed by atoms with van der Waals surface area (Å²) >= 11 is 0. The van der Waals surface area contributed by atoms with Gasteiger partial charge in [-0.05, 0) is 75.2 Å². The lowest BCUT2D eigenvalue weighted by molar-refractivity contribution is -0.143. The molecular formula is C29H43FN2O6. The number of carboxylic acids is 1. The highest BCUT2D eigenvalue weighted by Gasteiger charge is 2.51. The molecule has 3 saturated carbocycles. The predicted molar refractivity (Wildman–Crippen MR) is 140 cm³/mol. The van der Waals surface area contributed by atoms with E-state index in [1.807, 2.05) is 6.92 Å². The van der Waals surface area contributed by atoms with Crippen molar-refractivity contribution < 1.29 is 33.7 Å². The topological polar surface area (TPSA) is 117 Å². The molecule has 212 valence electrons. The number of benzene rings is 1. The van der Waals surface area contributed by atoms with Gasteiger partial charge in [0.05, 0.1) is 25.0 Å². The second-order valence-electron chi connectivity index (χ2n) is 12.5. The number of methoxy groups -OCH3 is 1. The van der Waals surface area contributed by atoms with E-state index in [0.29, 0.717) is 31.2 Å². The summed E-state index contributed by atoms with van der Waals surface area (Å²) < 4.78 is 26.2. The van der Waals surface area contributed by atoms with E-state index in [4.69, 9.17) is 9.47 Å². The summed E-state index contributed by atoms with van der Waals surface area (Å²) in [4.78, 5) is 24.6. The summed E-state index contributed by atoms with van der Waals surface area (Å²) in [6, 6.07) is 2.46. The maximum absolute atomic E-state index is 14.9. The Balaban J connectivity index is 1.49. The Morgan fingerprint density at radius 1 is 1.05 bits per heavy atom. The van der Waals surface area contributed by atoms with Crippen LogP contribution in [0.1, 0.15) is 84.4 Å². The zero-order valence-corrected chi connectivity index (χ0v) is 23.1. The molecule has 3 aliphatic rings. The lowest BCUT2D eigenvalue weighted by Crippen LogP contribution is -2.52. The molecule has 1 amide bonds. The number of aliphatic hydroxyl groups excluding tert-OH is 1. The number of ether oxygens (including phenoxy) is 2. The molecule has 9 heteroatoms. The van der Waals surface area contributed by atoms with Crippen LogP contribution < -0.4 is 20.1 Å². The summed E-state index contributed by atoms with van der Waals surface area (Å²) in [5.74, 6) is -1.31. The molecule has 1 unspecified atom stereocenters. The second-order valence-corrected chi connectivity index (χ2v) is 12.5. The number of carbonyl (C=O) groups excluding carboxylic acids is 1. The predicted octanol–water partition coefficient (Wildman–Crippen LogP) is 4.40. The van der Waals surface area contributed by atoms with Crippen molar-refractivity contribution in [1.29, 1.82) is 0 Å². The van der Waals surface area contributed by atoms with Crippen molar-refractivity contribution in [3.8, 4) is 11.5 Å². The normalized spacial score (nSPS) is 30.5. The van der Waals surface area contributed by atoms with Crippen LogP contribution in [0.4, 0.5) is 4.39 Å². The van der Waals surface area contributed by atoms with E-state index in [0.717, 1.165) is 19.3 Å². The van der Waals surface area contributed by atoms with Crippen molar-refractivity contribution in [2.75, 3.05) is 7.11 Å². The van der Waals surface area contributed by atoms with Crippen LogP contribution in [0.5, 0.6) is 11.5 Å². The molecule has 3 fully saturated rings. The SMILES string of the molecule is COc1cc(F)c(O[C@H]2CC[C@@H](C(=O)O)CC2)cc1C(O)N[C@@H]1[C@H]2CC[C@H](C2)[C@@H]1C(=O)N[C@H](C)C(C)(C)C. The van der Waals surface area contributed by atoms with Crippen molar-refractivity contribution in [1.82, 2.24) is 10.6 Å². The van der Waals surface area contributed by atoms with Crippen LogP contribution in [0.25, 0.3) is 0 Å². The van der Waals surface area contributed by atoms with Crippen molar-refractivity contribution in [3.05, 3.63) is 23.5 Å². The molecule has 3 aliphatic carbocycles. The van der Waals surface area contributed by atoms with Gasteiger partial charge in [-0.1, -0.05) is 20.8 Å². The lowest BCUT2D eigenvalue weighted by Gasteiger charge is -2.35. The van der Waals surface area contributed by atoms with Gasteiger partial charge in [0, 0.05) is 23.7 Å². The Hall–Kier alpha value is -2.39. The largest absolute Gasteiger partial charge is 0.496 e. The van der Waals surface area contributed by atoms with Crippen LogP contribution in [0.3, 0.4) is 0 Å². The quantitative estimate of drug-likeness (QED) is 0.347. The molecule has 0 aromatic heterocycles. The number of nitrogens with one attached hydrogen (secondary N) is 2. The molecule has 4 N–H and O–H groups in total. The Kier molecular flexibility index (Phi) is 8.57. The Bertz CT molecular complexity index is 1020. The molecule has 0 heterocycles. The van der Waals surface area contributed by atoms with Crippen molar-refractivity contribution in [3.63, 3.8) is 0 Å². The van der Waals surface area contributed by atoms with E-state index < -0.39 is 23.9 Å². The highest BCUT2D eigenvalue weighted by molar-refractivity contribution is 5.80. The number of aliphatic carboxylic acids is 1. The van der Waals surface area contributed by atoms with Gasteiger partial charge in [-0.15, -0.1) is 0 Å². The first-order valence-corrected chi connectivity index (χ1v) is 13.9. The first-order valence-electron chi connectivity index (χ1n) is 13.9. The van der Waals surface area contributed by atoms with Gasteiger partial charge in [-0.25, -0.2) is 4.39 Å². The molecular weight excluding hydrogens is 491 g/mol.